The summed E-state index contributed by atoms with van der Waals surface area (Å²) >= 11 is 0. The van der Waals surface area contributed by atoms with Crippen molar-refractivity contribution in [3.8, 4) is 0 Å². The Morgan fingerprint density at radius 3 is 1.23 bits per heavy atom. The fraction of sp³-hybridized carbons (Fsp3) is 0.843. The highest BCUT2D eigenvalue weighted by Gasteiger charge is 2.17. The minimum Gasteiger partial charge on any atom is -0.462 e. The van der Waals surface area contributed by atoms with Crippen LogP contribution in [0.2, 0.25) is 0 Å². The van der Waals surface area contributed by atoms with Gasteiger partial charge in [-0.25, -0.2) is 0 Å². The van der Waals surface area contributed by atoms with Gasteiger partial charge in [-0.15, -0.1) is 0 Å². The van der Waals surface area contributed by atoms with Crippen molar-refractivity contribution in [2.24, 2.45) is 0 Å². The van der Waals surface area contributed by atoms with Gasteiger partial charge >= 0.3 is 11.9 Å². The van der Waals surface area contributed by atoms with Crippen LogP contribution in [0, 0.1) is 0 Å². The number of esters is 2. The first-order valence-electron chi connectivity index (χ1n) is 24.5. The van der Waals surface area contributed by atoms with Gasteiger partial charge < -0.3 is 14.2 Å². The molecule has 0 aliphatic heterocycles. The molecule has 0 saturated carbocycles. The first-order chi connectivity index (χ1) is 27.6. The average Bonchev–Trinajstić information content (AvgIpc) is 3.20. The quantitative estimate of drug-likeness (QED) is 0.0349. The van der Waals surface area contributed by atoms with Crippen LogP contribution in [0.25, 0.3) is 0 Å². The van der Waals surface area contributed by atoms with E-state index in [0.717, 1.165) is 51.4 Å². The summed E-state index contributed by atoms with van der Waals surface area (Å²) in [5, 5.41) is 0. The molecule has 5 nitrogen and oxygen atoms in total. The molecule has 0 aromatic heterocycles. The minimum absolute atomic E-state index is 0.0864. The smallest absolute Gasteiger partial charge is 0.306 e. The van der Waals surface area contributed by atoms with Crippen LogP contribution in [-0.4, -0.2) is 37.9 Å². The topological polar surface area (TPSA) is 61.8 Å². The molecule has 0 rings (SSSR count). The summed E-state index contributed by atoms with van der Waals surface area (Å²) in [4.78, 5) is 25.2. The van der Waals surface area contributed by atoms with Crippen LogP contribution < -0.4 is 0 Å². The zero-order chi connectivity index (χ0) is 40.7. The van der Waals surface area contributed by atoms with E-state index < -0.39 is 6.10 Å². The number of hydrogen-bond donors (Lipinski definition) is 0. The first kappa shape index (κ1) is 54.1. The van der Waals surface area contributed by atoms with E-state index in [9.17, 15) is 9.59 Å². The van der Waals surface area contributed by atoms with E-state index in [1.54, 1.807) is 0 Å². The number of ether oxygens (including phenoxy) is 3. The van der Waals surface area contributed by atoms with Gasteiger partial charge in [0, 0.05) is 19.4 Å². The molecular formula is C51H94O5. The van der Waals surface area contributed by atoms with Gasteiger partial charge in [0.25, 0.3) is 0 Å². The van der Waals surface area contributed by atoms with E-state index >= 15 is 0 Å². The second-order valence-electron chi connectivity index (χ2n) is 16.4. The fourth-order valence-electron chi connectivity index (χ4n) is 6.99. The summed E-state index contributed by atoms with van der Waals surface area (Å²) in [6.45, 7) is 7.78. The summed E-state index contributed by atoms with van der Waals surface area (Å²) in [6, 6.07) is 0. The van der Waals surface area contributed by atoms with Crippen LogP contribution in [0.5, 0.6) is 0 Å². The maximum atomic E-state index is 12.7. The molecule has 0 saturated heterocycles. The highest BCUT2D eigenvalue weighted by atomic mass is 16.6. The van der Waals surface area contributed by atoms with Crippen LogP contribution in [0.1, 0.15) is 252 Å². The number of carbonyl (C=O) groups is 2. The van der Waals surface area contributed by atoms with E-state index in [2.05, 4.69) is 57.2 Å². The maximum absolute atomic E-state index is 12.7. The molecule has 0 bridgehead atoms. The molecule has 0 aliphatic carbocycles. The second kappa shape index (κ2) is 47.5. The number of unbranched alkanes of at least 4 members (excludes halogenated alkanes) is 28. The predicted molar refractivity (Wildman–Crippen MR) is 242 cm³/mol. The van der Waals surface area contributed by atoms with Crippen molar-refractivity contribution in [2.45, 2.75) is 258 Å². The normalized spacial score (nSPS) is 12.4. The van der Waals surface area contributed by atoms with Crippen LogP contribution in [0.3, 0.4) is 0 Å². The summed E-state index contributed by atoms with van der Waals surface area (Å²) in [6.07, 6.45) is 55.8. The zero-order valence-electron chi connectivity index (χ0n) is 37.7. The molecule has 1 unspecified atom stereocenters. The lowest BCUT2D eigenvalue weighted by Crippen LogP contribution is -2.30. The van der Waals surface area contributed by atoms with Crippen molar-refractivity contribution in [3.63, 3.8) is 0 Å². The molecular weight excluding hydrogens is 693 g/mol. The summed E-state index contributed by atoms with van der Waals surface area (Å²) in [7, 11) is 0. The van der Waals surface area contributed by atoms with Crippen molar-refractivity contribution in [3.05, 3.63) is 36.5 Å². The third-order valence-electron chi connectivity index (χ3n) is 10.7. The Morgan fingerprint density at radius 1 is 0.393 bits per heavy atom. The standard InChI is InChI=1S/C51H94O5/c1-4-7-10-13-16-19-21-22-23-24-25-26-27-28-29-31-34-37-40-43-46-54-47-49(56-51(53)45-42-39-36-32-18-15-12-9-6-3)48-55-50(52)44-41-38-35-33-30-20-17-14-11-8-5-2/h16,19,22-23,25-26,49H,4-15,17-18,20-21,24,27-48H2,1-3H3/b19-16-,23-22-,26-25-. The number of rotatable bonds is 45. The van der Waals surface area contributed by atoms with Crippen molar-refractivity contribution in [1.82, 2.24) is 0 Å². The fourth-order valence-corrected chi connectivity index (χ4v) is 6.99. The Balaban J connectivity index is 4.16. The van der Waals surface area contributed by atoms with Gasteiger partial charge in [0.05, 0.1) is 6.61 Å². The first-order valence-corrected chi connectivity index (χ1v) is 24.5. The van der Waals surface area contributed by atoms with Gasteiger partial charge in [0.1, 0.15) is 6.61 Å². The van der Waals surface area contributed by atoms with E-state index in [-0.39, 0.29) is 25.2 Å². The summed E-state index contributed by atoms with van der Waals surface area (Å²) in [5.74, 6) is -0.396. The molecule has 5 heteroatoms. The Kier molecular flexibility index (Phi) is 45.9. The molecule has 1 atom stereocenters. The maximum Gasteiger partial charge on any atom is 0.306 e. The van der Waals surface area contributed by atoms with Gasteiger partial charge in [-0.2, -0.15) is 0 Å². The van der Waals surface area contributed by atoms with Crippen LogP contribution in [0.15, 0.2) is 36.5 Å². The number of carbonyl (C=O) groups excluding carboxylic acids is 2. The number of hydrogen-bond acceptors (Lipinski definition) is 5. The largest absolute Gasteiger partial charge is 0.462 e. The lowest BCUT2D eigenvalue weighted by atomic mass is 10.1. The van der Waals surface area contributed by atoms with E-state index in [1.165, 1.54) is 167 Å². The predicted octanol–water partition coefficient (Wildman–Crippen LogP) is 16.2. The summed E-state index contributed by atoms with van der Waals surface area (Å²) in [5.41, 5.74) is 0. The monoisotopic (exact) mass is 787 g/mol. The molecule has 0 heterocycles. The third kappa shape index (κ3) is 44.8. The van der Waals surface area contributed by atoms with E-state index in [0.29, 0.717) is 19.4 Å². The van der Waals surface area contributed by atoms with Crippen LogP contribution in [-0.2, 0) is 23.8 Å². The van der Waals surface area contributed by atoms with Gasteiger partial charge in [-0.05, 0) is 57.8 Å². The van der Waals surface area contributed by atoms with Crippen molar-refractivity contribution in [1.29, 1.82) is 0 Å². The zero-order valence-corrected chi connectivity index (χ0v) is 37.7. The molecule has 0 N–H and O–H groups in total. The molecule has 328 valence electrons. The second-order valence-corrected chi connectivity index (χ2v) is 16.4. The van der Waals surface area contributed by atoms with Crippen LogP contribution >= 0.6 is 0 Å². The summed E-state index contributed by atoms with van der Waals surface area (Å²) < 4.78 is 17.3. The van der Waals surface area contributed by atoms with Crippen molar-refractivity contribution in [2.75, 3.05) is 19.8 Å². The molecule has 0 aromatic carbocycles. The van der Waals surface area contributed by atoms with Crippen LogP contribution in [0.4, 0.5) is 0 Å². The van der Waals surface area contributed by atoms with Crippen molar-refractivity contribution >= 4 is 11.9 Å². The lowest BCUT2D eigenvalue weighted by molar-refractivity contribution is -0.163. The van der Waals surface area contributed by atoms with Gasteiger partial charge in [0.2, 0.25) is 0 Å². The minimum atomic E-state index is -0.533. The Hall–Kier alpha value is -1.88. The SMILES string of the molecule is CCCCC/C=C\C/C=C\C/C=C\CCCCCCCCCOCC(COC(=O)CCCCCCCCCCCCC)OC(=O)CCCCCCCCCCC. The average molecular weight is 787 g/mol. The highest BCUT2D eigenvalue weighted by Crippen LogP contribution is 2.14. The lowest BCUT2D eigenvalue weighted by Gasteiger charge is -2.18. The molecule has 0 aliphatic rings. The van der Waals surface area contributed by atoms with Gasteiger partial charge in [-0.3, -0.25) is 9.59 Å². The Labute approximate surface area is 349 Å². The highest BCUT2D eigenvalue weighted by molar-refractivity contribution is 5.70. The Bertz CT molecular complexity index is 893. The molecule has 0 radical (unpaired) electrons. The van der Waals surface area contributed by atoms with Gasteiger partial charge in [0.15, 0.2) is 6.10 Å². The van der Waals surface area contributed by atoms with E-state index in [4.69, 9.17) is 14.2 Å². The number of allylic oxidation sites excluding steroid dienone is 6. The van der Waals surface area contributed by atoms with Gasteiger partial charge in [-0.1, -0.05) is 218 Å². The molecule has 56 heavy (non-hydrogen) atoms. The molecule has 0 fully saturated rings. The third-order valence-corrected chi connectivity index (χ3v) is 10.7. The van der Waals surface area contributed by atoms with Crippen molar-refractivity contribution < 1.29 is 23.8 Å². The van der Waals surface area contributed by atoms with E-state index in [1.807, 2.05) is 0 Å². The molecule has 0 aromatic rings. The molecule has 0 spiro atoms. The molecule has 0 amide bonds. The Morgan fingerprint density at radius 2 is 0.750 bits per heavy atom.